The number of carbonyl (C=O) groups excluding carboxylic acids is 1. The van der Waals surface area contributed by atoms with Crippen molar-refractivity contribution in [2.45, 2.75) is 32.0 Å². The predicted molar refractivity (Wildman–Crippen MR) is 115 cm³/mol. The molecule has 32 heavy (non-hydrogen) atoms. The number of benzene rings is 3. The van der Waals surface area contributed by atoms with Crippen molar-refractivity contribution in [2.75, 3.05) is 11.4 Å². The van der Waals surface area contributed by atoms with Crippen molar-refractivity contribution in [3.8, 4) is 0 Å². The highest BCUT2D eigenvalue weighted by molar-refractivity contribution is 5.99. The second kappa shape index (κ2) is 7.97. The number of hydrogen-bond acceptors (Lipinski definition) is 1. The van der Waals surface area contributed by atoms with Crippen LogP contribution in [0.1, 0.15) is 30.5 Å². The predicted octanol–water partition coefficient (Wildman–Crippen LogP) is 6.90. The molecule has 0 aromatic heterocycles. The fourth-order valence-corrected chi connectivity index (χ4v) is 4.18. The molecule has 0 aliphatic carbocycles. The molecule has 3 aromatic carbocycles. The first-order chi connectivity index (χ1) is 15.1. The van der Waals surface area contributed by atoms with Crippen LogP contribution in [-0.2, 0) is 18.1 Å². The summed E-state index contributed by atoms with van der Waals surface area (Å²) in [6, 6.07) is 17.2. The van der Waals surface area contributed by atoms with Gasteiger partial charge < -0.3 is 4.90 Å². The molecule has 2 amide bonds. The number of halogens is 4. The van der Waals surface area contributed by atoms with Crippen LogP contribution in [0.15, 0.2) is 72.8 Å². The van der Waals surface area contributed by atoms with Crippen LogP contribution in [0.25, 0.3) is 0 Å². The van der Waals surface area contributed by atoms with E-state index in [0.717, 1.165) is 23.3 Å². The molecule has 0 fully saturated rings. The Hall–Kier alpha value is -3.35. The van der Waals surface area contributed by atoms with Crippen LogP contribution in [-0.4, -0.2) is 17.5 Å². The topological polar surface area (TPSA) is 23.6 Å². The molecule has 1 aliphatic rings. The van der Waals surface area contributed by atoms with Gasteiger partial charge in [0.2, 0.25) is 0 Å². The molecule has 0 saturated heterocycles. The quantitative estimate of drug-likeness (QED) is 0.396. The summed E-state index contributed by atoms with van der Waals surface area (Å²) in [5.74, 6) is -0.471. The van der Waals surface area contributed by atoms with E-state index in [-0.39, 0.29) is 17.1 Å². The first-order valence-corrected chi connectivity index (χ1v) is 10.2. The van der Waals surface area contributed by atoms with Crippen LogP contribution in [0, 0.1) is 5.82 Å². The van der Waals surface area contributed by atoms with E-state index in [1.54, 1.807) is 4.90 Å². The molecule has 0 atom stereocenters. The van der Waals surface area contributed by atoms with Crippen LogP contribution < -0.4 is 4.90 Å². The van der Waals surface area contributed by atoms with Crippen molar-refractivity contribution in [3.05, 3.63) is 95.3 Å². The van der Waals surface area contributed by atoms with Gasteiger partial charge in [-0.3, -0.25) is 4.90 Å². The number of amides is 2. The Morgan fingerprint density at radius 1 is 0.906 bits per heavy atom. The number of anilines is 2. The highest BCUT2D eigenvalue weighted by Crippen LogP contribution is 2.37. The number of rotatable bonds is 2. The van der Waals surface area contributed by atoms with Crippen molar-refractivity contribution in [3.63, 3.8) is 0 Å². The number of urea groups is 1. The summed E-state index contributed by atoms with van der Waals surface area (Å²) in [4.78, 5) is 16.7. The highest BCUT2D eigenvalue weighted by atomic mass is 19.4. The lowest BCUT2D eigenvalue weighted by Gasteiger charge is -2.41. The normalized spacial score (nSPS) is 15.2. The molecule has 4 rings (SSSR count). The monoisotopic (exact) mass is 442 g/mol. The van der Waals surface area contributed by atoms with Crippen LogP contribution in [0.2, 0.25) is 0 Å². The molecule has 166 valence electrons. The second-order valence-electron chi connectivity index (χ2n) is 8.54. The van der Waals surface area contributed by atoms with Gasteiger partial charge in [-0.15, -0.1) is 0 Å². The fourth-order valence-electron chi connectivity index (χ4n) is 4.18. The number of fused-ring (bicyclic) bond motifs is 1. The van der Waals surface area contributed by atoms with Gasteiger partial charge in [0.1, 0.15) is 5.82 Å². The van der Waals surface area contributed by atoms with E-state index >= 15 is 0 Å². The highest BCUT2D eigenvalue weighted by Gasteiger charge is 2.36. The molecule has 0 bridgehead atoms. The Morgan fingerprint density at radius 2 is 1.47 bits per heavy atom. The third-order valence-electron chi connectivity index (χ3n) is 5.69. The van der Waals surface area contributed by atoms with E-state index in [4.69, 9.17) is 0 Å². The van der Waals surface area contributed by atoms with Gasteiger partial charge in [-0.25, -0.2) is 9.18 Å². The first-order valence-electron chi connectivity index (χ1n) is 10.2. The van der Waals surface area contributed by atoms with Crippen LogP contribution in [0.5, 0.6) is 0 Å². The van der Waals surface area contributed by atoms with Gasteiger partial charge in [-0.2, -0.15) is 13.2 Å². The average Bonchev–Trinajstić information content (AvgIpc) is 2.74. The molecule has 3 aromatic rings. The zero-order valence-corrected chi connectivity index (χ0v) is 17.7. The standard InChI is InChI=1S/C25H22F4N2O/c1-24(2)16-30(15-17-5-3-4-6-22(17)24)23(32)31(21-13-9-19(26)10-14-21)20-11-7-18(8-12-20)25(27,28)29/h3-14H,15-16H2,1-2H3. The summed E-state index contributed by atoms with van der Waals surface area (Å²) < 4.78 is 52.6. The van der Waals surface area contributed by atoms with Gasteiger partial charge in [0.25, 0.3) is 0 Å². The van der Waals surface area contributed by atoms with Crippen LogP contribution in [0.4, 0.5) is 33.7 Å². The lowest BCUT2D eigenvalue weighted by molar-refractivity contribution is -0.137. The molecule has 0 N–H and O–H groups in total. The molecular weight excluding hydrogens is 420 g/mol. The van der Waals surface area contributed by atoms with E-state index < -0.39 is 17.6 Å². The molecule has 0 radical (unpaired) electrons. The Morgan fingerprint density at radius 3 is 2.06 bits per heavy atom. The minimum atomic E-state index is -4.48. The minimum Gasteiger partial charge on any atom is -0.319 e. The lowest BCUT2D eigenvalue weighted by Crippen LogP contribution is -2.49. The zero-order chi connectivity index (χ0) is 23.1. The van der Waals surface area contributed by atoms with Gasteiger partial charge in [0.05, 0.1) is 16.9 Å². The van der Waals surface area contributed by atoms with E-state index in [0.29, 0.717) is 18.8 Å². The molecule has 3 nitrogen and oxygen atoms in total. The van der Waals surface area contributed by atoms with Crippen molar-refractivity contribution >= 4 is 17.4 Å². The Labute approximate surface area is 183 Å². The third kappa shape index (κ3) is 4.20. The van der Waals surface area contributed by atoms with Gasteiger partial charge in [0, 0.05) is 18.5 Å². The molecular formula is C25H22F4N2O. The first kappa shape index (κ1) is 21.9. The van der Waals surface area contributed by atoms with Crippen LogP contribution in [0.3, 0.4) is 0 Å². The summed E-state index contributed by atoms with van der Waals surface area (Å²) in [7, 11) is 0. The van der Waals surface area contributed by atoms with Gasteiger partial charge in [-0.1, -0.05) is 38.1 Å². The molecule has 7 heteroatoms. The maximum atomic E-state index is 13.7. The number of alkyl halides is 3. The molecule has 1 heterocycles. The fraction of sp³-hybridized carbons (Fsp3) is 0.240. The summed E-state index contributed by atoms with van der Waals surface area (Å²) >= 11 is 0. The Bertz CT molecular complexity index is 1120. The maximum Gasteiger partial charge on any atom is 0.416 e. The molecule has 0 unspecified atom stereocenters. The lowest BCUT2D eigenvalue weighted by atomic mass is 9.78. The number of nitrogens with zero attached hydrogens (tertiary/aromatic N) is 2. The van der Waals surface area contributed by atoms with E-state index in [9.17, 15) is 22.4 Å². The van der Waals surface area contributed by atoms with Crippen molar-refractivity contribution in [1.82, 2.24) is 4.90 Å². The SMILES string of the molecule is CC1(C)CN(C(=O)N(c2ccc(F)cc2)c2ccc(C(F)(F)F)cc2)Cc2ccccc21. The second-order valence-corrected chi connectivity index (χ2v) is 8.54. The summed E-state index contributed by atoms with van der Waals surface area (Å²) in [6.45, 7) is 4.90. The summed E-state index contributed by atoms with van der Waals surface area (Å²) in [6.07, 6.45) is -4.48. The largest absolute Gasteiger partial charge is 0.416 e. The smallest absolute Gasteiger partial charge is 0.319 e. The van der Waals surface area contributed by atoms with Gasteiger partial charge in [-0.05, 0) is 59.7 Å². The zero-order valence-electron chi connectivity index (χ0n) is 17.7. The minimum absolute atomic E-state index is 0.270. The Kier molecular flexibility index (Phi) is 5.44. The van der Waals surface area contributed by atoms with Crippen LogP contribution >= 0.6 is 0 Å². The molecule has 0 saturated carbocycles. The van der Waals surface area contributed by atoms with E-state index in [2.05, 4.69) is 0 Å². The van der Waals surface area contributed by atoms with E-state index in [1.165, 1.54) is 41.3 Å². The summed E-state index contributed by atoms with van der Waals surface area (Å²) in [5, 5.41) is 0. The van der Waals surface area contributed by atoms with Crippen molar-refractivity contribution in [1.29, 1.82) is 0 Å². The van der Waals surface area contributed by atoms with E-state index in [1.807, 2.05) is 38.1 Å². The average molecular weight is 442 g/mol. The number of carbonyl (C=O) groups is 1. The number of hydrogen-bond donors (Lipinski definition) is 0. The third-order valence-corrected chi connectivity index (χ3v) is 5.69. The summed E-state index contributed by atoms with van der Waals surface area (Å²) in [5.41, 5.74) is 1.70. The van der Waals surface area contributed by atoms with Gasteiger partial charge in [0.15, 0.2) is 0 Å². The molecule has 1 aliphatic heterocycles. The van der Waals surface area contributed by atoms with Crippen molar-refractivity contribution in [2.24, 2.45) is 0 Å². The van der Waals surface area contributed by atoms with Crippen molar-refractivity contribution < 1.29 is 22.4 Å². The molecule has 0 spiro atoms. The Balaban J connectivity index is 1.74. The maximum absolute atomic E-state index is 13.7. The van der Waals surface area contributed by atoms with Gasteiger partial charge >= 0.3 is 12.2 Å².